The van der Waals surface area contributed by atoms with Gasteiger partial charge in [0, 0.05) is 35.5 Å². The van der Waals surface area contributed by atoms with Crippen LogP contribution in [0.2, 0.25) is 10.0 Å². The van der Waals surface area contributed by atoms with Gasteiger partial charge < -0.3 is 15.3 Å². The minimum Gasteiger partial charge on any atom is -0.478 e. The quantitative estimate of drug-likeness (QED) is 0.636. The fourth-order valence-electron chi connectivity index (χ4n) is 2.80. The van der Waals surface area contributed by atoms with Crippen LogP contribution in [-0.4, -0.2) is 40.5 Å². The van der Waals surface area contributed by atoms with Crippen molar-refractivity contribution >= 4 is 51.5 Å². The number of hydrogen-bond donors (Lipinski definition) is 2. The predicted octanol–water partition coefficient (Wildman–Crippen LogP) is 3.39. The van der Waals surface area contributed by atoms with Crippen molar-refractivity contribution in [1.29, 1.82) is 0 Å². The van der Waals surface area contributed by atoms with Gasteiger partial charge in [-0.15, -0.1) is 0 Å². The molecule has 3 rings (SSSR count). The largest absolute Gasteiger partial charge is 0.478 e. The molecule has 28 heavy (non-hydrogen) atoms. The number of fused-ring (bicyclic) bond motifs is 1. The van der Waals surface area contributed by atoms with Gasteiger partial charge in [-0.1, -0.05) is 23.2 Å². The van der Waals surface area contributed by atoms with Crippen LogP contribution in [0.1, 0.15) is 16.1 Å². The Morgan fingerprint density at radius 3 is 2.64 bits per heavy atom. The molecule has 0 fully saturated rings. The number of benzene rings is 2. The number of carboxylic acids is 1. The van der Waals surface area contributed by atoms with Gasteiger partial charge in [0.15, 0.2) is 0 Å². The van der Waals surface area contributed by atoms with E-state index in [1.165, 1.54) is 12.1 Å². The number of aromatic carboxylic acids is 1. The van der Waals surface area contributed by atoms with Gasteiger partial charge in [-0.2, -0.15) is 0 Å². The number of carbonyl (C=O) groups is 2. The van der Waals surface area contributed by atoms with E-state index in [0.717, 1.165) is 0 Å². The molecule has 0 saturated carbocycles. The SMILES string of the molecule is CN(CC(=O)NCc1cnccn1)c1cc(C(=O)O)cc2cc(Cl)cc(Cl)c12. The molecule has 2 N–H and O–H groups in total. The molecular formula is C19H16Cl2N4O3. The fraction of sp³-hybridized carbons (Fsp3) is 0.158. The number of amides is 1. The van der Waals surface area contributed by atoms with Gasteiger partial charge in [0.25, 0.3) is 0 Å². The Morgan fingerprint density at radius 2 is 1.96 bits per heavy atom. The lowest BCUT2D eigenvalue weighted by Gasteiger charge is -2.22. The Balaban J connectivity index is 1.86. The fourth-order valence-corrected chi connectivity index (χ4v) is 3.40. The molecule has 0 bridgehead atoms. The van der Waals surface area contributed by atoms with Gasteiger partial charge in [-0.3, -0.25) is 14.8 Å². The summed E-state index contributed by atoms with van der Waals surface area (Å²) < 4.78 is 0. The van der Waals surface area contributed by atoms with Crippen LogP contribution >= 0.6 is 23.2 Å². The number of halogens is 2. The van der Waals surface area contributed by atoms with E-state index in [0.29, 0.717) is 32.2 Å². The molecule has 1 aromatic heterocycles. The van der Waals surface area contributed by atoms with Crippen molar-refractivity contribution in [3.05, 3.63) is 64.2 Å². The zero-order valence-electron chi connectivity index (χ0n) is 14.8. The van der Waals surface area contributed by atoms with Crippen molar-refractivity contribution in [2.45, 2.75) is 6.54 Å². The first-order chi connectivity index (χ1) is 13.3. The number of nitrogens with one attached hydrogen (secondary N) is 1. The van der Waals surface area contributed by atoms with E-state index >= 15 is 0 Å². The van der Waals surface area contributed by atoms with Crippen molar-refractivity contribution in [3.63, 3.8) is 0 Å². The summed E-state index contributed by atoms with van der Waals surface area (Å²) in [4.78, 5) is 33.5. The van der Waals surface area contributed by atoms with Gasteiger partial charge in [-0.25, -0.2) is 4.79 Å². The molecule has 0 saturated heterocycles. The summed E-state index contributed by atoms with van der Waals surface area (Å²) in [6, 6.07) is 6.21. The second-order valence-corrected chi connectivity index (χ2v) is 6.96. The van der Waals surface area contributed by atoms with Crippen molar-refractivity contribution in [2.24, 2.45) is 0 Å². The highest BCUT2D eigenvalue weighted by Gasteiger charge is 2.17. The molecule has 0 atom stereocenters. The first-order valence-electron chi connectivity index (χ1n) is 8.24. The Bertz CT molecular complexity index is 1040. The minimum absolute atomic E-state index is 0.00259. The molecule has 0 radical (unpaired) electrons. The molecule has 0 spiro atoms. The predicted molar refractivity (Wildman–Crippen MR) is 108 cm³/mol. The lowest BCUT2D eigenvalue weighted by atomic mass is 10.0. The van der Waals surface area contributed by atoms with Gasteiger partial charge in [0.1, 0.15) is 0 Å². The zero-order chi connectivity index (χ0) is 20.3. The topological polar surface area (TPSA) is 95.4 Å². The van der Waals surface area contributed by atoms with Crippen LogP contribution in [0.4, 0.5) is 5.69 Å². The summed E-state index contributed by atoms with van der Waals surface area (Å²) in [6.07, 6.45) is 4.66. The van der Waals surface area contributed by atoms with Crippen LogP contribution in [0.3, 0.4) is 0 Å². The molecule has 0 aliphatic carbocycles. The standard InChI is InChI=1S/C19H16Cl2N4O3/c1-25(10-17(26)24-9-14-8-22-2-3-23-14)16-6-12(19(27)28)4-11-5-13(20)7-15(21)18(11)16/h2-8H,9-10H2,1H3,(H,24,26)(H,27,28). The third-order valence-corrected chi connectivity index (χ3v) is 4.58. The molecule has 3 aromatic rings. The average Bonchev–Trinajstić information content (AvgIpc) is 2.65. The third kappa shape index (κ3) is 4.49. The molecule has 144 valence electrons. The summed E-state index contributed by atoms with van der Waals surface area (Å²) >= 11 is 12.4. The van der Waals surface area contributed by atoms with Crippen molar-refractivity contribution in [1.82, 2.24) is 15.3 Å². The number of nitrogens with zero attached hydrogens (tertiary/aromatic N) is 3. The van der Waals surface area contributed by atoms with Crippen molar-refractivity contribution < 1.29 is 14.7 Å². The Morgan fingerprint density at radius 1 is 1.18 bits per heavy atom. The first kappa shape index (κ1) is 19.9. The van der Waals surface area contributed by atoms with E-state index in [1.807, 2.05) is 0 Å². The van der Waals surface area contributed by atoms with E-state index in [-0.39, 0.29) is 24.6 Å². The molecule has 1 amide bonds. The van der Waals surface area contributed by atoms with E-state index in [9.17, 15) is 14.7 Å². The molecule has 2 aromatic carbocycles. The third-order valence-electron chi connectivity index (χ3n) is 4.07. The molecule has 7 nitrogen and oxygen atoms in total. The summed E-state index contributed by atoms with van der Waals surface area (Å²) in [5.74, 6) is -1.34. The van der Waals surface area contributed by atoms with Crippen molar-refractivity contribution in [3.8, 4) is 0 Å². The van der Waals surface area contributed by atoms with Gasteiger partial charge in [-0.05, 0) is 29.7 Å². The van der Waals surface area contributed by atoms with Gasteiger partial charge in [0.2, 0.25) is 5.91 Å². The lowest BCUT2D eigenvalue weighted by molar-refractivity contribution is -0.119. The highest BCUT2D eigenvalue weighted by molar-refractivity contribution is 6.39. The smallest absolute Gasteiger partial charge is 0.335 e. The highest BCUT2D eigenvalue weighted by atomic mass is 35.5. The average molecular weight is 419 g/mol. The summed E-state index contributed by atoms with van der Waals surface area (Å²) in [7, 11) is 1.69. The number of carbonyl (C=O) groups excluding carboxylic acids is 1. The Kier molecular flexibility index (Phi) is 5.96. The summed E-state index contributed by atoms with van der Waals surface area (Å²) in [5.41, 5.74) is 1.23. The number of anilines is 1. The maximum Gasteiger partial charge on any atom is 0.335 e. The monoisotopic (exact) mass is 418 g/mol. The molecular weight excluding hydrogens is 403 g/mol. The summed E-state index contributed by atoms with van der Waals surface area (Å²) in [6.45, 7) is 0.240. The Hall–Kier alpha value is -2.90. The molecule has 0 aliphatic rings. The first-order valence-corrected chi connectivity index (χ1v) is 8.99. The van der Waals surface area contributed by atoms with E-state index < -0.39 is 5.97 Å². The maximum atomic E-state index is 12.3. The van der Waals surface area contributed by atoms with E-state index in [2.05, 4.69) is 15.3 Å². The van der Waals surface area contributed by atoms with Crippen LogP contribution in [0.25, 0.3) is 10.8 Å². The summed E-state index contributed by atoms with van der Waals surface area (Å²) in [5, 5.41) is 14.1. The highest BCUT2D eigenvalue weighted by Crippen LogP contribution is 2.36. The number of aromatic nitrogens is 2. The number of rotatable bonds is 6. The van der Waals surface area contributed by atoms with Crippen LogP contribution < -0.4 is 10.2 Å². The van der Waals surface area contributed by atoms with Crippen molar-refractivity contribution in [2.75, 3.05) is 18.5 Å². The zero-order valence-corrected chi connectivity index (χ0v) is 16.3. The number of hydrogen-bond acceptors (Lipinski definition) is 5. The van der Waals surface area contributed by atoms with Crippen LogP contribution in [0.15, 0.2) is 42.9 Å². The molecule has 1 heterocycles. The second-order valence-electron chi connectivity index (χ2n) is 6.12. The van der Waals surface area contributed by atoms with Gasteiger partial charge >= 0.3 is 5.97 Å². The van der Waals surface area contributed by atoms with E-state index in [1.54, 1.807) is 42.7 Å². The number of carboxylic acid groups (broad SMARTS) is 1. The molecule has 0 unspecified atom stereocenters. The van der Waals surface area contributed by atoms with Crippen LogP contribution in [0, 0.1) is 0 Å². The number of likely N-dealkylation sites (N-methyl/N-ethyl adjacent to an activating group) is 1. The lowest BCUT2D eigenvalue weighted by Crippen LogP contribution is -2.35. The normalized spacial score (nSPS) is 10.7. The minimum atomic E-state index is -1.08. The van der Waals surface area contributed by atoms with Crippen LogP contribution in [0.5, 0.6) is 0 Å². The van der Waals surface area contributed by atoms with Gasteiger partial charge in [0.05, 0.1) is 35.6 Å². The Labute approximate surface area is 170 Å². The molecule has 0 aliphatic heterocycles. The second kappa shape index (κ2) is 8.41. The van der Waals surface area contributed by atoms with E-state index in [4.69, 9.17) is 23.2 Å². The van der Waals surface area contributed by atoms with Crippen LogP contribution in [-0.2, 0) is 11.3 Å². The maximum absolute atomic E-state index is 12.3. The molecule has 9 heteroatoms.